The number of carboxylic acids is 1. The number of amides is 1. The van der Waals surface area contributed by atoms with Crippen LogP contribution in [0.1, 0.15) is 42.4 Å². The summed E-state index contributed by atoms with van der Waals surface area (Å²) in [5.41, 5.74) is 8.20. The van der Waals surface area contributed by atoms with Gasteiger partial charge in [0.05, 0.1) is 5.56 Å². The molecule has 0 spiro atoms. The predicted molar refractivity (Wildman–Crippen MR) is 100 cm³/mol. The number of benzene rings is 1. The molecular formula is C19H24N4O3. The molecule has 2 atom stereocenters. The summed E-state index contributed by atoms with van der Waals surface area (Å²) in [6.45, 7) is 7.53. The lowest BCUT2D eigenvalue weighted by Gasteiger charge is -2.39. The van der Waals surface area contributed by atoms with Gasteiger partial charge in [0, 0.05) is 30.5 Å². The minimum absolute atomic E-state index is 0.00150. The molecule has 3 rings (SSSR count). The van der Waals surface area contributed by atoms with Crippen LogP contribution in [0.2, 0.25) is 0 Å². The highest BCUT2D eigenvalue weighted by Crippen LogP contribution is 2.34. The molecule has 0 fully saturated rings. The number of aromatic carboxylic acids is 1. The SMILES string of the molecule is CC(=O)N1c2ccc(C(=O)O)cc2CC(C)[C@@H]1C.Cc1ccnc(N)n1. The minimum Gasteiger partial charge on any atom is -0.478 e. The van der Waals surface area contributed by atoms with Gasteiger partial charge < -0.3 is 15.7 Å². The smallest absolute Gasteiger partial charge is 0.335 e. The molecule has 3 N–H and O–H groups in total. The van der Waals surface area contributed by atoms with Gasteiger partial charge in [-0.15, -0.1) is 0 Å². The van der Waals surface area contributed by atoms with E-state index in [1.807, 2.05) is 13.8 Å². The predicted octanol–water partition coefficient (Wildman–Crippen LogP) is 2.69. The van der Waals surface area contributed by atoms with Gasteiger partial charge in [0.25, 0.3) is 0 Å². The summed E-state index contributed by atoms with van der Waals surface area (Å²) in [7, 11) is 0. The molecule has 138 valence electrons. The van der Waals surface area contributed by atoms with E-state index >= 15 is 0 Å². The number of hydrogen-bond acceptors (Lipinski definition) is 5. The highest BCUT2D eigenvalue weighted by atomic mass is 16.4. The first kappa shape index (κ1) is 19.4. The number of fused-ring (bicyclic) bond motifs is 1. The molecule has 2 aromatic rings. The van der Waals surface area contributed by atoms with Crippen molar-refractivity contribution in [2.45, 2.75) is 40.2 Å². The number of aromatic nitrogens is 2. The normalized spacial score (nSPS) is 18.4. The molecule has 7 nitrogen and oxygen atoms in total. The van der Waals surface area contributed by atoms with E-state index in [2.05, 4.69) is 16.9 Å². The topological polar surface area (TPSA) is 109 Å². The van der Waals surface area contributed by atoms with Crippen LogP contribution in [-0.4, -0.2) is 33.0 Å². The van der Waals surface area contributed by atoms with Crippen molar-refractivity contribution >= 4 is 23.5 Å². The van der Waals surface area contributed by atoms with Gasteiger partial charge in [0.2, 0.25) is 11.9 Å². The lowest BCUT2D eigenvalue weighted by Crippen LogP contribution is -2.45. The largest absolute Gasteiger partial charge is 0.478 e. The number of rotatable bonds is 1. The van der Waals surface area contributed by atoms with Crippen LogP contribution in [0.5, 0.6) is 0 Å². The van der Waals surface area contributed by atoms with Crippen molar-refractivity contribution in [3.63, 3.8) is 0 Å². The molecular weight excluding hydrogens is 332 g/mol. The Morgan fingerprint density at radius 1 is 1.27 bits per heavy atom. The standard InChI is InChI=1S/C14H17NO3.C5H7N3/c1-8-6-12-7-11(14(17)18)4-5-13(12)15(9(8)2)10(3)16;1-4-2-3-7-5(6)8-4/h4-5,7-9H,6H2,1-3H3,(H,17,18);2-3H,1H3,(H2,6,7,8)/t8?,9-;/m0./s1. The Labute approximate surface area is 152 Å². The number of carbonyl (C=O) groups is 2. The van der Waals surface area contributed by atoms with Crippen molar-refractivity contribution in [2.75, 3.05) is 10.6 Å². The minimum atomic E-state index is -0.932. The van der Waals surface area contributed by atoms with Crippen LogP contribution in [0.15, 0.2) is 30.5 Å². The summed E-state index contributed by atoms with van der Waals surface area (Å²) in [4.78, 5) is 32.0. The Bertz CT molecular complexity index is 805. The van der Waals surface area contributed by atoms with Crippen LogP contribution in [0, 0.1) is 12.8 Å². The van der Waals surface area contributed by atoms with Crippen LogP contribution in [0.25, 0.3) is 0 Å². The maximum atomic E-state index is 11.7. The van der Waals surface area contributed by atoms with Crippen molar-refractivity contribution in [1.82, 2.24) is 9.97 Å². The molecule has 1 aromatic carbocycles. The van der Waals surface area contributed by atoms with E-state index in [0.717, 1.165) is 23.4 Å². The number of nitrogen functional groups attached to an aromatic ring is 1. The number of nitrogens with zero attached hydrogens (tertiary/aromatic N) is 3. The Kier molecular flexibility index (Phi) is 5.92. The monoisotopic (exact) mass is 356 g/mol. The maximum absolute atomic E-state index is 11.7. The van der Waals surface area contributed by atoms with Crippen LogP contribution in [0.3, 0.4) is 0 Å². The first-order valence-corrected chi connectivity index (χ1v) is 8.41. The molecule has 1 aliphatic rings. The van der Waals surface area contributed by atoms with E-state index < -0.39 is 5.97 Å². The van der Waals surface area contributed by atoms with Crippen molar-refractivity contribution in [2.24, 2.45) is 5.92 Å². The molecule has 1 unspecified atom stereocenters. The maximum Gasteiger partial charge on any atom is 0.335 e. The summed E-state index contributed by atoms with van der Waals surface area (Å²) in [6.07, 6.45) is 2.44. The number of carboxylic acid groups (broad SMARTS) is 1. The fourth-order valence-corrected chi connectivity index (χ4v) is 3.03. The van der Waals surface area contributed by atoms with E-state index in [1.165, 1.54) is 0 Å². The van der Waals surface area contributed by atoms with Crippen LogP contribution in [0.4, 0.5) is 11.6 Å². The van der Waals surface area contributed by atoms with E-state index in [1.54, 1.807) is 42.3 Å². The van der Waals surface area contributed by atoms with Gasteiger partial charge in [0.15, 0.2) is 0 Å². The third kappa shape index (κ3) is 4.36. The van der Waals surface area contributed by atoms with E-state index in [0.29, 0.717) is 11.9 Å². The van der Waals surface area contributed by atoms with E-state index in [-0.39, 0.29) is 17.5 Å². The molecule has 1 aromatic heterocycles. The van der Waals surface area contributed by atoms with Gasteiger partial charge in [-0.2, -0.15) is 0 Å². The number of nitrogens with two attached hydrogens (primary N) is 1. The molecule has 0 radical (unpaired) electrons. The quantitative estimate of drug-likeness (QED) is 0.813. The molecule has 26 heavy (non-hydrogen) atoms. The summed E-state index contributed by atoms with van der Waals surface area (Å²) in [5.74, 6) is -0.271. The van der Waals surface area contributed by atoms with E-state index in [9.17, 15) is 9.59 Å². The second-order valence-electron chi connectivity index (χ2n) is 6.52. The first-order valence-electron chi connectivity index (χ1n) is 8.41. The lowest BCUT2D eigenvalue weighted by molar-refractivity contribution is -0.117. The second-order valence-corrected chi connectivity index (χ2v) is 6.52. The van der Waals surface area contributed by atoms with Crippen molar-refractivity contribution < 1.29 is 14.7 Å². The lowest BCUT2D eigenvalue weighted by atomic mass is 9.87. The number of hydrogen-bond donors (Lipinski definition) is 2. The molecule has 0 bridgehead atoms. The number of aryl methyl sites for hydroxylation is 1. The van der Waals surface area contributed by atoms with Crippen LogP contribution in [-0.2, 0) is 11.2 Å². The second kappa shape index (κ2) is 7.95. The molecule has 0 saturated carbocycles. The van der Waals surface area contributed by atoms with Crippen LogP contribution < -0.4 is 10.6 Å². The highest BCUT2D eigenvalue weighted by molar-refractivity contribution is 5.95. The first-order chi connectivity index (χ1) is 12.2. The summed E-state index contributed by atoms with van der Waals surface area (Å²) >= 11 is 0. The van der Waals surface area contributed by atoms with Crippen molar-refractivity contribution in [3.8, 4) is 0 Å². The fourth-order valence-electron chi connectivity index (χ4n) is 3.03. The number of anilines is 2. The Morgan fingerprint density at radius 3 is 2.46 bits per heavy atom. The third-order valence-electron chi connectivity index (χ3n) is 4.51. The van der Waals surface area contributed by atoms with Gasteiger partial charge in [-0.1, -0.05) is 6.92 Å². The Morgan fingerprint density at radius 2 is 1.96 bits per heavy atom. The highest BCUT2D eigenvalue weighted by Gasteiger charge is 2.31. The van der Waals surface area contributed by atoms with Gasteiger partial charge in [-0.3, -0.25) is 4.79 Å². The molecule has 0 aliphatic carbocycles. The molecule has 1 aliphatic heterocycles. The fraction of sp³-hybridized carbons (Fsp3) is 0.368. The Hall–Kier alpha value is -2.96. The van der Waals surface area contributed by atoms with Gasteiger partial charge in [0.1, 0.15) is 0 Å². The average molecular weight is 356 g/mol. The van der Waals surface area contributed by atoms with Crippen molar-refractivity contribution in [1.29, 1.82) is 0 Å². The van der Waals surface area contributed by atoms with Crippen molar-refractivity contribution in [3.05, 3.63) is 47.3 Å². The average Bonchev–Trinajstić information content (AvgIpc) is 2.55. The summed E-state index contributed by atoms with van der Waals surface area (Å²) in [6, 6.07) is 6.92. The van der Waals surface area contributed by atoms with Gasteiger partial charge in [-0.05, 0) is 56.0 Å². The van der Waals surface area contributed by atoms with Gasteiger partial charge in [-0.25, -0.2) is 14.8 Å². The van der Waals surface area contributed by atoms with Gasteiger partial charge >= 0.3 is 5.97 Å². The van der Waals surface area contributed by atoms with Crippen LogP contribution >= 0.6 is 0 Å². The van der Waals surface area contributed by atoms with E-state index in [4.69, 9.17) is 10.8 Å². The zero-order valence-corrected chi connectivity index (χ0v) is 15.4. The molecule has 0 saturated heterocycles. The zero-order valence-electron chi connectivity index (χ0n) is 15.4. The molecule has 7 heteroatoms. The molecule has 2 heterocycles. The Balaban J connectivity index is 0.000000254. The summed E-state index contributed by atoms with van der Waals surface area (Å²) < 4.78 is 0. The summed E-state index contributed by atoms with van der Waals surface area (Å²) in [5, 5.41) is 9.00. The number of carbonyl (C=O) groups excluding carboxylic acids is 1. The molecule has 1 amide bonds. The third-order valence-corrected chi connectivity index (χ3v) is 4.51. The zero-order chi connectivity index (χ0) is 19.4.